The van der Waals surface area contributed by atoms with Crippen molar-refractivity contribution in [1.82, 2.24) is 9.88 Å². The molecule has 0 radical (unpaired) electrons. The van der Waals surface area contributed by atoms with E-state index >= 15 is 14.4 Å². The monoisotopic (exact) mass is 1140 g/mol. The molecule has 29 aromatic rings. The van der Waals surface area contributed by atoms with Gasteiger partial charge in [0.05, 0.1) is 25.0 Å². The van der Waals surface area contributed by atoms with E-state index in [4.69, 9.17) is 9.47 Å². The number of methoxy groups -OCH3 is 2. The van der Waals surface area contributed by atoms with Crippen molar-refractivity contribution in [2.45, 2.75) is 74.3 Å². The number of hydrogen-bond donors (Lipinski definition) is 1. The summed E-state index contributed by atoms with van der Waals surface area (Å²) >= 11 is 0. The summed E-state index contributed by atoms with van der Waals surface area (Å²) in [5.41, 5.74) is 2.92. The number of hydrogen-bond acceptors (Lipinski definition) is 7. The van der Waals surface area contributed by atoms with Crippen LogP contribution in [0, 0.1) is 0 Å². The van der Waals surface area contributed by atoms with Crippen LogP contribution in [0.3, 0.4) is 0 Å². The smallest absolute Gasteiger partial charge is 0.329 e. The Morgan fingerprint density at radius 1 is 0.333 bits per heavy atom. The van der Waals surface area contributed by atoms with Crippen LogP contribution in [0.2, 0.25) is 0 Å². The van der Waals surface area contributed by atoms with Gasteiger partial charge in [-0.25, -0.2) is 9.59 Å². The highest BCUT2D eigenvalue weighted by molar-refractivity contribution is 6.82. The van der Waals surface area contributed by atoms with Gasteiger partial charge in [-0.05, 0) is 338 Å². The molecule has 404 valence electrons. The molecule has 1 aromatic heterocycles. The van der Waals surface area contributed by atoms with Crippen LogP contribution < -0.4 is 5.32 Å². The average Bonchev–Trinajstić information content (AvgIpc) is 1.38. The summed E-state index contributed by atoms with van der Waals surface area (Å²) in [6, 6.07) is 1.20. The first-order chi connectivity index (χ1) is 44.5. The molecule has 90 heavy (non-hydrogen) atoms. The molecular formula is C81H29N3O6. The maximum absolute atomic E-state index is 16.8. The van der Waals surface area contributed by atoms with Crippen LogP contribution in [0.15, 0.2) is 24.5 Å². The summed E-state index contributed by atoms with van der Waals surface area (Å²) in [5.74, 6) is -1.11. The Hall–Kier alpha value is -10.5. The normalized spacial score (nSPS) is 21.6. The first kappa shape index (κ1) is 39.4. The Balaban J connectivity index is 0.799. The van der Waals surface area contributed by atoms with Crippen LogP contribution in [0.4, 0.5) is 5.69 Å². The number of unbranched alkanes of at least 4 members (excludes halogenated alkanes) is 5. The highest BCUT2D eigenvalue weighted by atomic mass is 16.5. The van der Waals surface area contributed by atoms with Crippen molar-refractivity contribution in [1.29, 1.82) is 0 Å². The van der Waals surface area contributed by atoms with Gasteiger partial charge in [0.15, 0.2) is 0 Å². The SMILES string of the molecule is COC(=O)[C@@H]1N(C(=O)CCCCCCCCC(=O)Nc2ccncc2)[C@H](C(=O)OC)C23c4c5c6c7c8c9c(c%10c%11c2c2c4c4c%12c5c5c6c6c8c8c%13c9c9c%10c%10c%11c%11c2c2c4c4c%12c%12c5c5c6c8c6c8c%13c9c9c%10c%10c%11c2c2c4c4c%12c5c6c5c8c9c%10c2c45)C713. The molecule has 9 heteroatoms. The standard InChI is InChI=1S/C81H29N3O6/c1-89-78(87)76-80-72-64-56-46-36-28-20-18-19-22-26-24(20)32-40-34(26)44-38-30(22)31-23(19)27-25-21(18)29(28)37-43-33(25)41-35(27)45-39(31)49-48(38)58-52(44)62-54(40)60(50(56)42(32)36)68(72)70(62)74-66(58)67-59(49)53(45)63-55(41)61-51(43)57(47(37)46)65(64)73(80)69(61)71(63)75(67)81(74,80)77(79(88)90-2)84(76)17(86)10-8-6-4-3-5-7-9-16(85)83-15-11-13-82-14-12-15/h11-14,76-77H,3-10H2,1-2H3,(H,82,83,85)/t76-,77+,80?,81?. The molecule has 28 aromatic carbocycles. The van der Waals surface area contributed by atoms with Crippen molar-refractivity contribution in [3.05, 3.63) is 46.8 Å². The summed E-state index contributed by atoms with van der Waals surface area (Å²) in [6.45, 7) is 0. The molecule has 1 N–H and O–H groups in total. The molecule has 1 fully saturated rings. The predicted octanol–water partition coefficient (Wildman–Crippen LogP) is 18.4. The topological polar surface area (TPSA) is 115 Å². The lowest BCUT2D eigenvalue weighted by molar-refractivity contribution is -0.159. The van der Waals surface area contributed by atoms with Crippen molar-refractivity contribution in [3.8, 4) is 0 Å². The second kappa shape index (κ2) is 10.1. The number of esters is 2. The summed E-state index contributed by atoms with van der Waals surface area (Å²) in [7, 11) is 3.05. The zero-order valence-corrected chi connectivity index (χ0v) is 47.5. The maximum Gasteiger partial charge on any atom is 0.329 e. The van der Waals surface area contributed by atoms with Gasteiger partial charge in [-0.1, -0.05) is 25.7 Å². The number of rotatable bonds is 12. The molecule has 2 atom stereocenters. The van der Waals surface area contributed by atoms with E-state index in [9.17, 15) is 4.79 Å². The molecule has 2 amide bonds. The van der Waals surface area contributed by atoms with Gasteiger partial charge in [0.1, 0.15) is 12.1 Å². The highest BCUT2D eigenvalue weighted by Gasteiger charge is 2.83. The first-order valence-corrected chi connectivity index (χ1v) is 32.9. The molecule has 5 aliphatic rings. The Morgan fingerprint density at radius 3 is 0.778 bits per heavy atom. The van der Waals surface area contributed by atoms with Gasteiger partial charge in [-0.15, -0.1) is 0 Å². The molecule has 34 rings (SSSR count). The number of ether oxygens (including phenoxy) is 2. The third-order valence-corrected chi connectivity index (χ3v) is 29.0. The van der Waals surface area contributed by atoms with E-state index in [2.05, 4.69) is 10.3 Å². The van der Waals surface area contributed by atoms with Crippen molar-refractivity contribution in [2.75, 3.05) is 19.5 Å². The largest absolute Gasteiger partial charge is 0.467 e. The molecule has 2 heterocycles. The van der Waals surface area contributed by atoms with E-state index in [1.807, 2.05) is 4.90 Å². The van der Waals surface area contributed by atoms with Crippen molar-refractivity contribution < 1.29 is 28.7 Å². The number of nitrogens with one attached hydrogen (secondary N) is 1. The molecule has 0 bridgehead atoms. The van der Waals surface area contributed by atoms with Gasteiger partial charge in [0.25, 0.3) is 0 Å². The summed E-state index contributed by atoms with van der Waals surface area (Å²) < 4.78 is 12.9. The summed E-state index contributed by atoms with van der Waals surface area (Å²) in [5, 5.41) is 79.8. The van der Waals surface area contributed by atoms with Crippen LogP contribution in [0.1, 0.15) is 73.6 Å². The number of anilines is 1. The van der Waals surface area contributed by atoms with E-state index in [0.717, 1.165) is 37.8 Å². The molecule has 0 saturated carbocycles. The number of aromatic nitrogens is 1. The lowest BCUT2D eigenvalue weighted by Crippen LogP contribution is -2.59. The Labute approximate surface area is 496 Å². The molecule has 4 aliphatic carbocycles. The molecule has 9 nitrogen and oxygen atoms in total. The van der Waals surface area contributed by atoms with E-state index in [1.54, 1.807) is 35.3 Å². The number of benzene rings is 18. The van der Waals surface area contributed by atoms with Crippen LogP contribution in [-0.4, -0.2) is 59.9 Å². The zero-order valence-electron chi connectivity index (χ0n) is 47.5. The number of amides is 2. The minimum Gasteiger partial charge on any atom is -0.467 e. The van der Waals surface area contributed by atoms with Gasteiger partial charge in [-0.2, -0.15) is 0 Å². The third-order valence-electron chi connectivity index (χ3n) is 29.0. The van der Waals surface area contributed by atoms with Crippen molar-refractivity contribution >= 4 is 320 Å². The van der Waals surface area contributed by atoms with Gasteiger partial charge in [0, 0.05) is 30.9 Å². The lowest BCUT2D eigenvalue weighted by atomic mass is 9.46. The van der Waals surface area contributed by atoms with E-state index in [0.29, 0.717) is 12.8 Å². The lowest BCUT2D eigenvalue weighted by Gasteiger charge is -2.51. The fourth-order valence-electron chi connectivity index (χ4n) is 28.1. The van der Waals surface area contributed by atoms with Gasteiger partial charge >= 0.3 is 11.9 Å². The van der Waals surface area contributed by atoms with Gasteiger partial charge in [0.2, 0.25) is 11.8 Å². The predicted molar refractivity (Wildman–Crippen MR) is 362 cm³/mol. The van der Waals surface area contributed by atoms with Gasteiger partial charge < -0.3 is 19.7 Å². The van der Waals surface area contributed by atoms with Crippen molar-refractivity contribution in [3.63, 3.8) is 0 Å². The van der Waals surface area contributed by atoms with E-state index < -0.39 is 34.9 Å². The maximum atomic E-state index is 16.8. The number of carbonyl (C=O) groups is 4. The molecule has 1 aliphatic heterocycles. The third kappa shape index (κ3) is 2.55. The fraction of sp³-hybridized carbons (Fsp3) is 0.173. The Kier molecular flexibility index (Phi) is 4.44. The molecule has 1 saturated heterocycles. The van der Waals surface area contributed by atoms with Crippen LogP contribution in [0.25, 0.3) is 291 Å². The number of carbonyl (C=O) groups excluding carboxylic acids is 4. The highest BCUT2D eigenvalue weighted by Crippen LogP contribution is 2.87. The van der Waals surface area contributed by atoms with Crippen LogP contribution in [-0.2, 0) is 39.5 Å². The average molecular weight is 1140 g/mol. The molecule has 2 spiro atoms. The second-order valence-corrected chi connectivity index (χ2v) is 30.4. The van der Waals surface area contributed by atoms with E-state index in [1.165, 1.54) is 317 Å². The zero-order chi connectivity index (χ0) is 56.4. The van der Waals surface area contributed by atoms with E-state index in [-0.39, 0.29) is 18.2 Å². The quantitative estimate of drug-likeness (QED) is 0.0736. The van der Waals surface area contributed by atoms with Crippen molar-refractivity contribution in [2.24, 2.45) is 0 Å². The number of nitrogens with zero attached hydrogens (tertiary/aromatic N) is 2. The van der Waals surface area contributed by atoms with Crippen LogP contribution in [0.5, 0.6) is 0 Å². The Bertz CT molecular complexity index is 7550. The second-order valence-electron chi connectivity index (χ2n) is 30.4. The fourth-order valence-corrected chi connectivity index (χ4v) is 28.1. The van der Waals surface area contributed by atoms with Gasteiger partial charge in [-0.3, -0.25) is 14.6 Å². The molecular weight excluding hydrogens is 1110 g/mol. The molecule has 0 unspecified atom stereocenters. The number of pyridine rings is 1. The Morgan fingerprint density at radius 2 is 0.544 bits per heavy atom. The minimum absolute atomic E-state index is 0.00377. The number of likely N-dealkylation sites (tertiary alicyclic amines) is 1. The summed E-state index contributed by atoms with van der Waals surface area (Å²) in [4.78, 5) is 69.0. The minimum atomic E-state index is -1.29. The first-order valence-electron chi connectivity index (χ1n) is 32.9. The summed E-state index contributed by atoms with van der Waals surface area (Å²) in [6.07, 6.45) is 8.85. The van der Waals surface area contributed by atoms with Crippen LogP contribution >= 0.6 is 0 Å².